The van der Waals surface area contributed by atoms with Gasteiger partial charge in [-0.05, 0) is 39.8 Å². The molecule has 0 aliphatic rings. The Labute approximate surface area is 120 Å². The Morgan fingerprint density at radius 3 is 1.30 bits per heavy atom. The van der Waals surface area contributed by atoms with Gasteiger partial charge in [0, 0.05) is 0 Å². The molecule has 0 unspecified atom stereocenters. The number of aliphatic hydroxyl groups is 2. The van der Waals surface area contributed by atoms with E-state index in [1.165, 1.54) is 0 Å². The molecule has 0 fully saturated rings. The van der Waals surface area contributed by atoms with Crippen molar-refractivity contribution in [3.05, 3.63) is 30.3 Å². The fourth-order valence-electron chi connectivity index (χ4n) is 0.557. The Bertz CT molecular complexity index is 314. The summed E-state index contributed by atoms with van der Waals surface area (Å²) in [4.78, 5) is 0. The SMILES string of the molecule is CC(C)(O)C(C)(C)O.COc1ccccc1.OB(O)O. The summed E-state index contributed by atoms with van der Waals surface area (Å²) in [6.45, 7) is 6.31. The number of methoxy groups -OCH3 is 1. The van der Waals surface area contributed by atoms with Crippen LogP contribution < -0.4 is 4.74 Å². The van der Waals surface area contributed by atoms with Crippen LogP contribution in [0.2, 0.25) is 0 Å². The first-order chi connectivity index (χ1) is 8.91. The van der Waals surface area contributed by atoms with Gasteiger partial charge in [-0.15, -0.1) is 0 Å². The molecule has 1 aromatic carbocycles. The molecule has 5 N–H and O–H groups in total. The summed E-state index contributed by atoms with van der Waals surface area (Å²) in [6.07, 6.45) is 0. The van der Waals surface area contributed by atoms with Gasteiger partial charge in [-0.25, -0.2) is 0 Å². The summed E-state index contributed by atoms with van der Waals surface area (Å²) in [6, 6.07) is 9.68. The van der Waals surface area contributed by atoms with Crippen LogP contribution in [-0.4, -0.2) is 50.9 Å². The van der Waals surface area contributed by atoms with E-state index in [2.05, 4.69) is 0 Å². The number of benzene rings is 1. The van der Waals surface area contributed by atoms with E-state index in [1.54, 1.807) is 34.8 Å². The molecule has 0 radical (unpaired) electrons. The molecule has 1 aromatic rings. The lowest BCUT2D eigenvalue weighted by atomic mass is 9.90. The van der Waals surface area contributed by atoms with E-state index < -0.39 is 18.5 Å². The Morgan fingerprint density at radius 2 is 1.15 bits per heavy atom. The minimum Gasteiger partial charge on any atom is -0.497 e. The van der Waals surface area contributed by atoms with Crippen LogP contribution >= 0.6 is 0 Å². The van der Waals surface area contributed by atoms with Gasteiger partial charge >= 0.3 is 7.32 Å². The zero-order chi connectivity index (χ0) is 16.4. The average Bonchev–Trinajstić information content (AvgIpc) is 2.27. The molecular weight excluding hydrogens is 263 g/mol. The Hall–Kier alpha value is -1.12. The van der Waals surface area contributed by atoms with E-state index >= 15 is 0 Å². The van der Waals surface area contributed by atoms with E-state index in [0.29, 0.717) is 0 Å². The van der Waals surface area contributed by atoms with Crippen LogP contribution in [0, 0.1) is 0 Å². The highest BCUT2D eigenvalue weighted by atomic mass is 16.5. The lowest BCUT2D eigenvalue weighted by Crippen LogP contribution is -2.44. The summed E-state index contributed by atoms with van der Waals surface area (Å²) in [7, 11) is -0.505. The van der Waals surface area contributed by atoms with E-state index in [4.69, 9.17) is 30.0 Å². The van der Waals surface area contributed by atoms with Crippen molar-refractivity contribution in [3.8, 4) is 5.75 Å². The first-order valence-electron chi connectivity index (χ1n) is 5.99. The van der Waals surface area contributed by atoms with Crippen molar-refractivity contribution in [2.75, 3.05) is 7.11 Å². The highest BCUT2D eigenvalue weighted by Gasteiger charge is 2.31. The minimum absolute atomic E-state index is 0.910. The highest BCUT2D eigenvalue weighted by Crippen LogP contribution is 2.19. The van der Waals surface area contributed by atoms with E-state index in [-0.39, 0.29) is 0 Å². The zero-order valence-corrected chi connectivity index (χ0v) is 12.6. The minimum atomic E-state index is -2.17. The van der Waals surface area contributed by atoms with Gasteiger partial charge in [-0.2, -0.15) is 0 Å². The molecule has 0 atom stereocenters. The smallest absolute Gasteiger partial charge is 0.497 e. The molecule has 1 rings (SSSR count). The van der Waals surface area contributed by atoms with Crippen LogP contribution in [0.3, 0.4) is 0 Å². The molecule has 0 heterocycles. The number of ether oxygens (including phenoxy) is 1. The fraction of sp³-hybridized carbons (Fsp3) is 0.538. The molecule has 0 spiro atoms. The standard InChI is InChI=1S/C7H8O.C6H14O2.BH3O3/c1-8-7-5-3-2-4-6-7;1-5(2,7)6(3,4)8;2-1(3)4/h2-6H,1H3;7-8H,1-4H3;2-4H. The Kier molecular flexibility index (Phi) is 10.3. The van der Waals surface area contributed by atoms with Crippen LogP contribution in [0.15, 0.2) is 30.3 Å². The van der Waals surface area contributed by atoms with E-state index in [0.717, 1.165) is 5.75 Å². The van der Waals surface area contributed by atoms with Gasteiger partial charge in [0.2, 0.25) is 0 Å². The van der Waals surface area contributed by atoms with Crippen LogP contribution in [-0.2, 0) is 0 Å². The van der Waals surface area contributed by atoms with Crippen LogP contribution in [0.5, 0.6) is 5.75 Å². The Morgan fingerprint density at radius 1 is 0.850 bits per heavy atom. The van der Waals surface area contributed by atoms with Crippen LogP contribution in [0.25, 0.3) is 0 Å². The van der Waals surface area contributed by atoms with Gasteiger partial charge in [0.15, 0.2) is 0 Å². The number of rotatable bonds is 2. The summed E-state index contributed by atoms with van der Waals surface area (Å²) in [5.41, 5.74) is -2.01. The summed E-state index contributed by atoms with van der Waals surface area (Å²) in [5, 5.41) is 39.7. The number of para-hydroxylation sites is 1. The van der Waals surface area contributed by atoms with Crippen molar-refractivity contribution in [2.45, 2.75) is 38.9 Å². The summed E-state index contributed by atoms with van der Waals surface area (Å²) >= 11 is 0. The molecule has 0 saturated heterocycles. The predicted octanol–water partition coefficient (Wildman–Crippen LogP) is 0.172. The summed E-state index contributed by atoms with van der Waals surface area (Å²) in [5.74, 6) is 0.910. The zero-order valence-electron chi connectivity index (χ0n) is 12.6. The van der Waals surface area contributed by atoms with Gasteiger partial charge in [-0.3, -0.25) is 0 Å². The second-order valence-electron chi connectivity index (χ2n) is 4.98. The third kappa shape index (κ3) is 13.3. The second-order valence-corrected chi connectivity index (χ2v) is 4.98. The molecule has 116 valence electrons. The number of hydrogen-bond donors (Lipinski definition) is 5. The maximum absolute atomic E-state index is 9.10. The maximum Gasteiger partial charge on any atom is 0.631 e. The molecule has 7 heteroatoms. The fourth-order valence-corrected chi connectivity index (χ4v) is 0.557. The lowest BCUT2D eigenvalue weighted by molar-refractivity contribution is -0.107. The first kappa shape index (κ1) is 21.2. The molecular formula is C13H25BO6. The molecule has 6 nitrogen and oxygen atoms in total. The molecule has 0 amide bonds. The first-order valence-corrected chi connectivity index (χ1v) is 5.99. The van der Waals surface area contributed by atoms with Crippen molar-refractivity contribution < 1.29 is 30.0 Å². The van der Waals surface area contributed by atoms with E-state index in [9.17, 15) is 0 Å². The van der Waals surface area contributed by atoms with Gasteiger partial charge in [-0.1, -0.05) is 18.2 Å². The highest BCUT2D eigenvalue weighted by molar-refractivity contribution is 6.30. The van der Waals surface area contributed by atoms with Gasteiger partial charge in [0.25, 0.3) is 0 Å². The average molecular weight is 288 g/mol. The van der Waals surface area contributed by atoms with Crippen LogP contribution in [0.4, 0.5) is 0 Å². The maximum atomic E-state index is 9.10. The largest absolute Gasteiger partial charge is 0.631 e. The number of hydrogen-bond acceptors (Lipinski definition) is 6. The van der Waals surface area contributed by atoms with E-state index in [1.807, 2.05) is 30.3 Å². The monoisotopic (exact) mass is 288 g/mol. The van der Waals surface area contributed by atoms with Crippen molar-refractivity contribution in [1.29, 1.82) is 0 Å². The molecule has 0 saturated carbocycles. The molecule has 0 aliphatic carbocycles. The van der Waals surface area contributed by atoms with Gasteiger partial charge in [0.05, 0.1) is 18.3 Å². The molecule has 0 bridgehead atoms. The predicted molar refractivity (Wildman–Crippen MR) is 78.0 cm³/mol. The lowest BCUT2D eigenvalue weighted by Gasteiger charge is -2.31. The van der Waals surface area contributed by atoms with Crippen LogP contribution in [0.1, 0.15) is 27.7 Å². The molecule has 20 heavy (non-hydrogen) atoms. The van der Waals surface area contributed by atoms with Gasteiger partial charge < -0.3 is 30.0 Å². The van der Waals surface area contributed by atoms with Crippen molar-refractivity contribution >= 4 is 7.32 Å². The third-order valence-electron chi connectivity index (χ3n) is 2.48. The van der Waals surface area contributed by atoms with Crippen molar-refractivity contribution in [3.63, 3.8) is 0 Å². The van der Waals surface area contributed by atoms with Crippen molar-refractivity contribution in [1.82, 2.24) is 0 Å². The normalized spacial score (nSPS) is 10.5. The molecule has 0 aliphatic heterocycles. The Balaban J connectivity index is 0. The second kappa shape index (κ2) is 9.74. The summed E-state index contributed by atoms with van der Waals surface area (Å²) < 4.78 is 4.91. The topological polar surface area (TPSA) is 110 Å². The van der Waals surface area contributed by atoms with Gasteiger partial charge in [0.1, 0.15) is 5.75 Å². The van der Waals surface area contributed by atoms with Crippen molar-refractivity contribution in [2.24, 2.45) is 0 Å². The quantitative estimate of drug-likeness (QED) is 0.496. The molecule has 0 aromatic heterocycles. The third-order valence-corrected chi connectivity index (χ3v) is 2.48.